The number of benzene rings is 1. The first-order valence-corrected chi connectivity index (χ1v) is 6.27. The van der Waals surface area contributed by atoms with Crippen molar-refractivity contribution in [1.29, 1.82) is 0 Å². The van der Waals surface area contributed by atoms with Crippen LogP contribution in [0.25, 0.3) is 0 Å². The fraction of sp³-hybridized carbons (Fsp3) is 0.600. The van der Waals surface area contributed by atoms with Crippen molar-refractivity contribution in [2.24, 2.45) is 0 Å². The monoisotopic (exact) mass is 252 g/mol. The van der Waals surface area contributed by atoms with E-state index in [0.29, 0.717) is 17.5 Å². The van der Waals surface area contributed by atoms with E-state index in [0.717, 1.165) is 0 Å². The minimum absolute atomic E-state index is 0.290. The first kappa shape index (κ1) is 13.5. The van der Waals surface area contributed by atoms with E-state index in [1.165, 1.54) is 6.07 Å². The molecule has 100 valence electrons. The van der Waals surface area contributed by atoms with Gasteiger partial charge in [-0.25, -0.2) is 4.39 Å². The van der Waals surface area contributed by atoms with Crippen molar-refractivity contribution in [2.75, 3.05) is 0 Å². The van der Waals surface area contributed by atoms with Crippen molar-refractivity contribution in [3.8, 4) is 0 Å². The molecule has 3 heteroatoms. The van der Waals surface area contributed by atoms with E-state index in [2.05, 4.69) is 0 Å². The van der Waals surface area contributed by atoms with Gasteiger partial charge in [0.25, 0.3) is 0 Å². The summed E-state index contributed by atoms with van der Waals surface area (Å²) < 4.78 is 19.6. The standard InChI is InChI=1S/C15H21FO2/c1-10-6-7-11(8-12(10)16)15(17)9-13(2,3)18-14(15,4)5/h6-8,17H,9H2,1-5H3. The Bertz CT molecular complexity index is 479. The van der Waals surface area contributed by atoms with Gasteiger partial charge in [0.05, 0.1) is 11.2 Å². The highest BCUT2D eigenvalue weighted by molar-refractivity contribution is 5.32. The maximum atomic E-state index is 13.7. The molecule has 1 unspecified atom stereocenters. The number of hydrogen-bond acceptors (Lipinski definition) is 2. The molecule has 1 aliphatic heterocycles. The van der Waals surface area contributed by atoms with Crippen LogP contribution in [0.5, 0.6) is 0 Å². The summed E-state index contributed by atoms with van der Waals surface area (Å²) in [5.41, 5.74) is -1.15. The Balaban J connectivity index is 2.51. The molecule has 18 heavy (non-hydrogen) atoms. The molecule has 1 atom stereocenters. The quantitative estimate of drug-likeness (QED) is 0.831. The van der Waals surface area contributed by atoms with E-state index >= 15 is 0 Å². The van der Waals surface area contributed by atoms with Crippen LogP contribution in [0.3, 0.4) is 0 Å². The van der Waals surface area contributed by atoms with Gasteiger partial charge in [-0.15, -0.1) is 0 Å². The topological polar surface area (TPSA) is 29.5 Å². The van der Waals surface area contributed by atoms with Gasteiger partial charge < -0.3 is 9.84 Å². The third kappa shape index (κ3) is 1.95. The number of halogens is 1. The molecule has 0 saturated carbocycles. The lowest BCUT2D eigenvalue weighted by atomic mass is 9.77. The number of aliphatic hydroxyl groups is 1. The minimum Gasteiger partial charge on any atom is -0.382 e. The molecule has 0 bridgehead atoms. The van der Waals surface area contributed by atoms with Crippen LogP contribution in [0.4, 0.5) is 4.39 Å². The Morgan fingerprint density at radius 2 is 1.83 bits per heavy atom. The summed E-state index contributed by atoms with van der Waals surface area (Å²) in [4.78, 5) is 0. The molecular weight excluding hydrogens is 231 g/mol. The second-order valence-electron chi connectivity index (χ2n) is 6.37. The van der Waals surface area contributed by atoms with E-state index < -0.39 is 16.8 Å². The molecular formula is C15H21FO2. The Labute approximate surface area is 108 Å². The van der Waals surface area contributed by atoms with Gasteiger partial charge in [-0.05, 0) is 51.8 Å². The predicted octanol–water partition coefficient (Wildman–Crippen LogP) is 3.30. The van der Waals surface area contributed by atoms with E-state index in [1.54, 1.807) is 19.1 Å². The SMILES string of the molecule is Cc1ccc(C2(O)CC(C)(C)OC2(C)C)cc1F. The summed E-state index contributed by atoms with van der Waals surface area (Å²) >= 11 is 0. The molecule has 2 rings (SSSR count). The second kappa shape index (κ2) is 3.78. The first-order valence-electron chi connectivity index (χ1n) is 6.27. The van der Waals surface area contributed by atoms with Crippen LogP contribution in [-0.4, -0.2) is 16.3 Å². The largest absolute Gasteiger partial charge is 0.382 e. The molecule has 0 spiro atoms. The molecule has 2 nitrogen and oxygen atoms in total. The van der Waals surface area contributed by atoms with E-state index in [1.807, 2.05) is 27.7 Å². The van der Waals surface area contributed by atoms with Gasteiger partial charge in [0, 0.05) is 6.42 Å². The van der Waals surface area contributed by atoms with Crippen molar-refractivity contribution in [3.63, 3.8) is 0 Å². The Kier molecular flexibility index (Phi) is 2.84. The number of ether oxygens (including phenoxy) is 1. The lowest BCUT2D eigenvalue weighted by molar-refractivity contribution is -0.129. The molecule has 1 aromatic rings. The average Bonchev–Trinajstić information content (AvgIpc) is 2.36. The van der Waals surface area contributed by atoms with E-state index in [4.69, 9.17) is 4.74 Å². The molecule has 1 fully saturated rings. The van der Waals surface area contributed by atoms with Crippen LogP contribution >= 0.6 is 0 Å². The van der Waals surface area contributed by atoms with E-state index in [-0.39, 0.29) is 5.82 Å². The summed E-state index contributed by atoms with van der Waals surface area (Å²) in [6.45, 7) is 9.29. The highest BCUT2D eigenvalue weighted by Gasteiger charge is 2.57. The zero-order chi connectivity index (χ0) is 13.8. The Hall–Kier alpha value is -0.930. The Morgan fingerprint density at radius 3 is 2.28 bits per heavy atom. The summed E-state index contributed by atoms with van der Waals surface area (Å²) in [7, 11) is 0. The van der Waals surface area contributed by atoms with Gasteiger partial charge in [0.1, 0.15) is 11.4 Å². The van der Waals surface area contributed by atoms with E-state index in [9.17, 15) is 9.50 Å². The predicted molar refractivity (Wildman–Crippen MR) is 68.9 cm³/mol. The lowest BCUT2D eigenvalue weighted by Crippen LogP contribution is -2.43. The third-order valence-electron chi connectivity index (χ3n) is 3.86. The molecule has 1 aromatic carbocycles. The summed E-state index contributed by atoms with van der Waals surface area (Å²) in [6.07, 6.45) is 0.454. The van der Waals surface area contributed by atoms with Crippen molar-refractivity contribution < 1.29 is 14.2 Å². The molecule has 0 radical (unpaired) electrons. The average molecular weight is 252 g/mol. The summed E-state index contributed by atoms with van der Waals surface area (Å²) in [5, 5.41) is 10.9. The van der Waals surface area contributed by atoms with Crippen molar-refractivity contribution in [3.05, 3.63) is 35.1 Å². The van der Waals surface area contributed by atoms with Crippen LogP contribution in [0.15, 0.2) is 18.2 Å². The Morgan fingerprint density at radius 1 is 1.22 bits per heavy atom. The number of hydrogen-bond donors (Lipinski definition) is 1. The van der Waals surface area contributed by atoms with Crippen molar-refractivity contribution in [2.45, 2.75) is 57.8 Å². The van der Waals surface area contributed by atoms with Crippen LogP contribution in [0.2, 0.25) is 0 Å². The van der Waals surface area contributed by atoms with Gasteiger partial charge >= 0.3 is 0 Å². The van der Waals surface area contributed by atoms with Gasteiger partial charge in [0.15, 0.2) is 0 Å². The fourth-order valence-electron chi connectivity index (χ4n) is 2.94. The van der Waals surface area contributed by atoms with Crippen LogP contribution in [0, 0.1) is 12.7 Å². The number of rotatable bonds is 1. The highest BCUT2D eigenvalue weighted by atomic mass is 19.1. The molecule has 1 N–H and O–H groups in total. The highest BCUT2D eigenvalue weighted by Crippen LogP contribution is 2.50. The van der Waals surface area contributed by atoms with Crippen LogP contribution < -0.4 is 0 Å². The van der Waals surface area contributed by atoms with Crippen molar-refractivity contribution >= 4 is 0 Å². The molecule has 0 amide bonds. The molecule has 1 heterocycles. The zero-order valence-corrected chi connectivity index (χ0v) is 11.7. The normalized spacial score (nSPS) is 29.5. The maximum Gasteiger partial charge on any atom is 0.126 e. The fourth-order valence-corrected chi connectivity index (χ4v) is 2.94. The van der Waals surface area contributed by atoms with Gasteiger partial charge in [-0.3, -0.25) is 0 Å². The first-order chi connectivity index (χ1) is 8.07. The van der Waals surface area contributed by atoms with Gasteiger partial charge in [-0.2, -0.15) is 0 Å². The lowest BCUT2D eigenvalue weighted by Gasteiger charge is -2.35. The minimum atomic E-state index is -1.16. The third-order valence-corrected chi connectivity index (χ3v) is 3.86. The maximum absolute atomic E-state index is 13.7. The summed E-state index contributed by atoms with van der Waals surface area (Å²) in [6, 6.07) is 4.90. The van der Waals surface area contributed by atoms with Crippen LogP contribution in [-0.2, 0) is 10.3 Å². The van der Waals surface area contributed by atoms with Gasteiger partial charge in [0.2, 0.25) is 0 Å². The molecule has 0 aromatic heterocycles. The molecule has 0 aliphatic carbocycles. The molecule has 1 saturated heterocycles. The second-order valence-corrected chi connectivity index (χ2v) is 6.37. The van der Waals surface area contributed by atoms with Gasteiger partial charge in [-0.1, -0.05) is 12.1 Å². The summed E-state index contributed by atoms with van der Waals surface area (Å²) in [5.74, 6) is -0.290. The number of aryl methyl sites for hydroxylation is 1. The van der Waals surface area contributed by atoms with Crippen molar-refractivity contribution in [1.82, 2.24) is 0 Å². The molecule has 1 aliphatic rings. The smallest absolute Gasteiger partial charge is 0.126 e. The van der Waals surface area contributed by atoms with Crippen LogP contribution in [0.1, 0.15) is 45.2 Å². The zero-order valence-electron chi connectivity index (χ0n) is 11.7.